The van der Waals surface area contributed by atoms with Gasteiger partial charge in [0.25, 0.3) is 0 Å². The van der Waals surface area contributed by atoms with Gasteiger partial charge in [-0.2, -0.15) is 0 Å². The highest BCUT2D eigenvalue weighted by molar-refractivity contribution is 5.75. The van der Waals surface area contributed by atoms with Crippen LogP contribution in [0.25, 0.3) is 0 Å². The molecule has 0 unspecified atom stereocenters. The van der Waals surface area contributed by atoms with E-state index < -0.39 is 0 Å². The Hall–Kier alpha value is -1.38. The van der Waals surface area contributed by atoms with Gasteiger partial charge in [0.1, 0.15) is 0 Å². The first-order valence-electron chi connectivity index (χ1n) is 5.44. The van der Waals surface area contributed by atoms with Crippen LogP contribution in [0.2, 0.25) is 0 Å². The number of hydrogen-bond donors (Lipinski definition) is 1. The molecule has 0 atom stereocenters. The molecule has 80 valence electrons. The predicted molar refractivity (Wildman–Crippen MR) is 58.4 cm³/mol. The second-order valence-electron chi connectivity index (χ2n) is 4.15. The lowest BCUT2D eigenvalue weighted by Crippen LogP contribution is -2.31. The zero-order valence-electron chi connectivity index (χ0n) is 8.99. The molecule has 0 aliphatic heterocycles. The number of rotatable bonds is 4. The lowest BCUT2D eigenvalue weighted by atomic mass is 9.98. The Labute approximate surface area is 89.9 Å². The Morgan fingerprint density at radius 3 is 2.93 bits per heavy atom. The summed E-state index contributed by atoms with van der Waals surface area (Å²) in [5.74, 6) is 0.130. The summed E-state index contributed by atoms with van der Waals surface area (Å²) in [7, 11) is 0. The quantitative estimate of drug-likeness (QED) is 0.810. The summed E-state index contributed by atoms with van der Waals surface area (Å²) >= 11 is 0. The van der Waals surface area contributed by atoms with Crippen LogP contribution >= 0.6 is 0 Å². The summed E-state index contributed by atoms with van der Waals surface area (Å²) < 4.78 is 0. The standard InChI is InChI=1S/C12H16N2O/c1-2-11(15)14-9-12(5-6-12)10-4-3-7-13-8-10/h3-4,7-8H,2,5-6,9H2,1H3,(H,14,15). The van der Waals surface area contributed by atoms with Gasteiger partial charge >= 0.3 is 0 Å². The zero-order valence-corrected chi connectivity index (χ0v) is 8.99. The van der Waals surface area contributed by atoms with Gasteiger partial charge in [-0.25, -0.2) is 0 Å². The third kappa shape index (κ3) is 2.17. The highest BCUT2D eigenvalue weighted by Gasteiger charge is 2.44. The molecule has 1 N–H and O–H groups in total. The van der Waals surface area contributed by atoms with E-state index in [2.05, 4.69) is 16.4 Å². The average Bonchev–Trinajstić information content (AvgIpc) is 3.08. The normalized spacial score (nSPS) is 17.1. The van der Waals surface area contributed by atoms with Crippen molar-refractivity contribution in [1.29, 1.82) is 0 Å². The van der Waals surface area contributed by atoms with Gasteiger partial charge in [-0.3, -0.25) is 9.78 Å². The summed E-state index contributed by atoms with van der Waals surface area (Å²) in [5, 5.41) is 2.97. The number of carbonyl (C=O) groups excluding carboxylic acids is 1. The number of hydrogen-bond acceptors (Lipinski definition) is 2. The van der Waals surface area contributed by atoms with E-state index in [1.807, 2.05) is 19.2 Å². The molecule has 0 spiro atoms. The summed E-state index contributed by atoms with van der Waals surface area (Å²) in [6, 6.07) is 4.05. The van der Waals surface area contributed by atoms with Crippen molar-refractivity contribution in [3.8, 4) is 0 Å². The number of amides is 1. The third-order valence-electron chi connectivity index (χ3n) is 3.07. The van der Waals surface area contributed by atoms with Crippen LogP contribution in [-0.2, 0) is 10.2 Å². The fourth-order valence-corrected chi connectivity index (χ4v) is 1.79. The minimum absolute atomic E-state index is 0.130. The maximum absolute atomic E-state index is 11.2. The van der Waals surface area contributed by atoms with E-state index in [1.165, 1.54) is 5.56 Å². The predicted octanol–water partition coefficient (Wildman–Crippen LogP) is 1.64. The van der Waals surface area contributed by atoms with Crippen molar-refractivity contribution in [2.45, 2.75) is 31.6 Å². The first-order valence-corrected chi connectivity index (χ1v) is 5.44. The fourth-order valence-electron chi connectivity index (χ4n) is 1.79. The molecule has 0 aromatic carbocycles. The molecule has 1 aliphatic carbocycles. The van der Waals surface area contributed by atoms with Crippen molar-refractivity contribution in [3.63, 3.8) is 0 Å². The van der Waals surface area contributed by atoms with Crippen LogP contribution in [0, 0.1) is 0 Å². The van der Waals surface area contributed by atoms with Gasteiger partial charge in [0.2, 0.25) is 5.91 Å². The van der Waals surface area contributed by atoms with Gasteiger partial charge in [0.15, 0.2) is 0 Å². The molecule has 15 heavy (non-hydrogen) atoms. The van der Waals surface area contributed by atoms with Crippen molar-refractivity contribution >= 4 is 5.91 Å². The van der Waals surface area contributed by atoms with Crippen molar-refractivity contribution < 1.29 is 4.79 Å². The Balaban J connectivity index is 2.00. The van der Waals surface area contributed by atoms with E-state index in [-0.39, 0.29) is 11.3 Å². The van der Waals surface area contributed by atoms with Crippen LogP contribution < -0.4 is 5.32 Å². The van der Waals surface area contributed by atoms with Gasteiger partial charge in [0, 0.05) is 30.8 Å². The van der Waals surface area contributed by atoms with Gasteiger partial charge < -0.3 is 5.32 Å². The number of nitrogens with one attached hydrogen (secondary N) is 1. The Bertz CT molecular complexity index is 344. The number of carbonyl (C=O) groups is 1. The second-order valence-corrected chi connectivity index (χ2v) is 4.15. The van der Waals surface area contributed by atoms with E-state index in [0.717, 1.165) is 19.4 Å². The lowest BCUT2D eigenvalue weighted by Gasteiger charge is -2.15. The van der Waals surface area contributed by atoms with Crippen LogP contribution in [0.15, 0.2) is 24.5 Å². The largest absolute Gasteiger partial charge is 0.355 e. The molecule has 0 radical (unpaired) electrons. The van der Waals surface area contributed by atoms with Gasteiger partial charge in [-0.05, 0) is 24.5 Å². The van der Waals surface area contributed by atoms with Crippen molar-refractivity contribution in [3.05, 3.63) is 30.1 Å². The molecule has 1 aromatic heterocycles. The van der Waals surface area contributed by atoms with Gasteiger partial charge in [-0.15, -0.1) is 0 Å². The molecule has 3 heteroatoms. The summed E-state index contributed by atoms with van der Waals surface area (Å²) in [4.78, 5) is 15.3. The maximum atomic E-state index is 11.2. The van der Waals surface area contributed by atoms with Crippen molar-refractivity contribution in [1.82, 2.24) is 10.3 Å². The smallest absolute Gasteiger partial charge is 0.219 e. The van der Waals surface area contributed by atoms with E-state index >= 15 is 0 Å². The topological polar surface area (TPSA) is 42.0 Å². The Morgan fingerprint density at radius 2 is 2.40 bits per heavy atom. The Kier molecular flexibility index (Phi) is 2.71. The zero-order chi connectivity index (χ0) is 10.7. The van der Waals surface area contributed by atoms with Crippen molar-refractivity contribution in [2.75, 3.05) is 6.54 Å². The molecule has 1 amide bonds. The first-order chi connectivity index (χ1) is 7.27. The molecule has 1 fully saturated rings. The molecular formula is C12H16N2O. The third-order valence-corrected chi connectivity index (χ3v) is 3.07. The van der Waals surface area contributed by atoms with Crippen LogP contribution in [0.3, 0.4) is 0 Å². The molecule has 1 aromatic rings. The van der Waals surface area contributed by atoms with Crippen LogP contribution in [0.1, 0.15) is 31.7 Å². The van der Waals surface area contributed by atoms with E-state index in [4.69, 9.17) is 0 Å². The minimum Gasteiger partial charge on any atom is -0.355 e. The molecule has 1 heterocycles. The molecule has 0 bridgehead atoms. The average molecular weight is 204 g/mol. The summed E-state index contributed by atoms with van der Waals surface area (Å²) in [6.07, 6.45) is 6.56. The maximum Gasteiger partial charge on any atom is 0.219 e. The number of pyridine rings is 1. The molecule has 3 nitrogen and oxygen atoms in total. The number of nitrogens with zero attached hydrogens (tertiary/aromatic N) is 1. The fraction of sp³-hybridized carbons (Fsp3) is 0.500. The SMILES string of the molecule is CCC(=O)NCC1(c2cccnc2)CC1. The molecular weight excluding hydrogens is 188 g/mol. The summed E-state index contributed by atoms with van der Waals surface area (Å²) in [6.45, 7) is 2.63. The number of aromatic nitrogens is 1. The molecule has 1 saturated carbocycles. The first kappa shape index (κ1) is 10.1. The van der Waals surface area contributed by atoms with Crippen molar-refractivity contribution in [2.24, 2.45) is 0 Å². The molecule has 1 aliphatic rings. The van der Waals surface area contributed by atoms with E-state index in [9.17, 15) is 4.79 Å². The molecule has 0 saturated heterocycles. The van der Waals surface area contributed by atoms with Crippen LogP contribution in [0.5, 0.6) is 0 Å². The lowest BCUT2D eigenvalue weighted by molar-refractivity contribution is -0.120. The van der Waals surface area contributed by atoms with Crippen LogP contribution in [-0.4, -0.2) is 17.4 Å². The van der Waals surface area contributed by atoms with Gasteiger partial charge in [0.05, 0.1) is 0 Å². The second kappa shape index (κ2) is 4.01. The van der Waals surface area contributed by atoms with Gasteiger partial charge in [-0.1, -0.05) is 13.0 Å². The Morgan fingerprint density at radius 1 is 1.60 bits per heavy atom. The highest BCUT2D eigenvalue weighted by Crippen LogP contribution is 2.47. The highest BCUT2D eigenvalue weighted by atomic mass is 16.1. The van der Waals surface area contributed by atoms with E-state index in [1.54, 1.807) is 6.20 Å². The van der Waals surface area contributed by atoms with Crippen LogP contribution in [0.4, 0.5) is 0 Å². The molecule has 2 rings (SSSR count). The summed E-state index contributed by atoms with van der Waals surface area (Å²) in [5.41, 5.74) is 1.43. The minimum atomic E-state index is 0.130. The van der Waals surface area contributed by atoms with E-state index in [0.29, 0.717) is 6.42 Å². The monoisotopic (exact) mass is 204 g/mol.